The van der Waals surface area contributed by atoms with Crippen molar-refractivity contribution >= 4 is 5.82 Å². The van der Waals surface area contributed by atoms with Gasteiger partial charge in [-0.2, -0.15) is 5.10 Å². The van der Waals surface area contributed by atoms with E-state index in [-0.39, 0.29) is 0 Å². The third kappa shape index (κ3) is 1.62. The molecule has 1 saturated heterocycles. The van der Waals surface area contributed by atoms with Crippen LogP contribution in [0.3, 0.4) is 0 Å². The van der Waals surface area contributed by atoms with Crippen LogP contribution in [0.5, 0.6) is 0 Å². The molecule has 4 nitrogen and oxygen atoms in total. The fourth-order valence-corrected chi connectivity index (χ4v) is 1.47. The molecular weight excluding hydrogens is 164 g/mol. The maximum Gasteiger partial charge on any atom is 0.151 e. The lowest BCUT2D eigenvalue weighted by Crippen LogP contribution is -2.50. The number of hydrogen-bond acceptors (Lipinski definition) is 4. The summed E-state index contributed by atoms with van der Waals surface area (Å²) in [7, 11) is 0. The van der Waals surface area contributed by atoms with E-state index in [4.69, 9.17) is 5.73 Å². The highest BCUT2D eigenvalue weighted by atomic mass is 15.3. The Hall–Kier alpha value is -1.16. The fraction of sp³-hybridized carbons (Fsp3) is 0.556. The second-order valence-electron chi connectivity index (χ2n) is 3.54. The van der Waals surface area contributed by atoms with Gasteiger partial charge in [-0.3, -0.25) is 0 Å². The van der Waals surface area contributed by atoms with E-state index < -0.39 is 0 Å². The topological polar surface area (TPSA) is 55.0 Å². The van der Waals surface area contributed by atoms with E-state index in [1.165, 1.54) is 0 Å². The van der Waals surface area contributed by atoms with Crippen LogP contribution in [-0.4, -0.2) is 29.8 Å². The van der Waals surface area contributed by atoms with Crippen molar-refractivity contribution in [3.8, 4) is 0 Å². The van der Waals surface area contributed by atoms with E-state index in [0.29, 0.717) is 5.92 Å². The van der Waals surface area contributed by atoms with Gasteiger partial charge in [0.15, 0.2) is 5.82 Å². The Bertz CT molecular complexity index is 276. The third-order valence-corrected chi connectivity index (χ3v) is 2.40. The Morgan fingerprint density at radius 1 is 1.46 bits per heavy atom. The molecule has 1 aromatic rings. The second-order valence-corrected chi connectivity index (χ2v) is 3.54. The summed E-state index contributed by atoms with van der Waals surface area (Å²) in [6.07, 6.45) is 0. The summed E-state index contributed by atoms with van der Waals surface area (Å²) in [5.41, 5.74) is 6.49. The van der Waals surface area contributed by atoms with Gasteiger partial charge in [-0.25, -0.2) is 0 Å². The number of nitrogens with two attached hydrogens (primary N) is 1. The molecule has 70 valence electrons. The molecule has 0 amide bonds. The lowest BCUT2D eigenvalue weighted by molar-refractivity contribution is 0.415. The van der Waals surface area contributed by atoms with Gasteiger partial charge in [-0.15, -0.1) is 5.10 Å². The first-order valence-electron chi connectivity index (χ1n) is 4.55. The van der Waals surface area contributed by atoms with Crippen LogP contribution in [-0.2, 0) is 0 Å². The predicted molar refractivity (Wildman–Crippen MR) is 51.5 cm³/mol. The summed E-state index contributed by atoms with van der Waals surface area (Å²) in [6.45, 7) is 4.76. The van der Waals surface area contributed by atoms with Gasteiger partial charge >= 0.3 is 0 Å². The van der Waals surface area contributed by atoms with Gasteiger partial charge in [0, 0.05) is 19.0 Å². The molecule has 2 rings (SSSR count). The van der Waals surface area contributed by atoms with Crippen LogP contribution in [0.1, 0.15) is 5.69 Å². The van der Waals surface area contributed by atoms with Crippen LogP contribution in [0.15, 0.2) is 12.1 Å². The summed E-state index contributed by atoms with van der Waals surface area (Å²) in [5.74, 6) is 1.61. The number of nitrogens with zero attached hydrogens (tertiary/aromatic N) is 3. The average molecular weight is 178 g/mol. The van der Waals surface area contributed by atoms with E-state index >= 15 is 0 Å². The first-order valence-corrected chi connectivity index (χ1v) is 4.55. The molecule has 0 aliphatic carbocycles. The lowest BCUT2D eigenvalue weighted by atomic mass is 10.0. The van der Waals surface area contributed by atoms with E-state index in [2.05, 4.69) is 15.1 Å². The minimum Gasteiger partial charge on any atom is -0.354 e. The van der Waals surface area contributed by atoms with Crippen molar-refractivity contribution in [2.45, 2.75) is 6.92 Å². The summed E-state index contributed by atoms with van der Waals surface area (Å²) in [6, 6.07) is 3.99. The number of anilines is 1. The number of aryl methyl sites for hydroxylation is 1. The van der Waals surface area contributed by atoms with Gasteiger partial charge in [0.2, 0.25) is 0 Å². The normalized spacial score (nSPS) is 17.2. The zero-order valence-corrected chi connectivity index (χ0v) is 7.77. The average Bonchev–Trinajstić information content (AvgIpc) is 2.06. The Labute approximate surface area is 77.8 Å². The van der Waals surface area contributed by atoms with Gasteiger partial charge in [-0.05, 0) is 25.6 Å². The van der Waals surface area contributed by atoms with Gasteiger partial charge in [0.05, 0.1) is 5.69 Å². The van der Waals surface area contributed by atoms with Gasteiger partial charge in [0.25, 0.3) is 0 Å². The molecule has 13 heavy (non-hydrogen) atoms. The second kappa shape index (κ2) is 3.30. The van der Waals surface area contributed by atoms with Crippen molar-refractivity contribution in [2.24, 2.45) is 11.7 Å². The molecule has 1 fully saturated rings. The fourth-order valence-electron chi connectivity index (χ4n) is 1.47. The highest BCUT2D eigenvalue weighted by Gasteiger charge is 2.26. The molecule has 0 atom stereocenters. The summed E-state index contributed by atoms with van der Waals surface area (Å²) in [5, 5.41) is 8.11. The molecule has 1 aliphatic heterocycles. The van der Waals surface area contributed by atoms with Crippen molar-refractivity contribution in [1.82, 2.24) is 10.2 Å². The SMILES string of the molecule is Cc1ccc(N2CC(CN)C2)nn1. The maximum absolute atomic E-state index is 5.54. The summed E-state index contributed by atoms with van der Waals surface area (Å²) < 4.78 is 0. The Morgan fingerprint density at radius 2 is 2.23 bits per heavy atom. The van der Waals surface area contributed by atoms with E-state index in [9.17, 15) is 0 Å². The highest BCUT2D eigenvalue weighted by molar-refractivity contribution is 5.40. The third-order valence-electron chi connectivity index (χ3n) is 2.40. The van der Waals surface area contributed by atoms with Crippen LogP contribution in [0.4, 0.5) is 5.82 Å². The van der Waals surface area contributed by atoms with E-state index in [1.807, 2.05) is 19.1 Å². The van der Waals surface area contributed by atoms with Crippen LogP contribution < -0.4 is 10.6 Å². The molecule has 2 N–H and O–H groups in total. The zero-order valence-electron chi connectivity index (χ0n) is 7.77. The molecule has 0 aromatic carbocycles. The smallest absolute Gasteiger partial charge is 0.151 e. The highest BCUT2D eigenvalue weighted by Crippen LogP contribution is 2.20. The predicted octanol–water partition coefficient (Wildman–Crippen LogP) is 0.180. The largest absolute Gasteiger partial charge is 0.354 e. The molecule has 0 radical (unpaired) electrons. The number of hydrogen-bond donors (Lipinski definition) is 1. The molecule has 0 spiro atoms. The quantitative estimate of drug-likeness (QED) is 0.702. The van der Waals surface area contributed by atoms with Crippen LogP contribution in [0, 0.1) is 12.8 Å². The molecule has 1 aromatic heterocycles. The minimum absolute atomic E-state index is 0.642. The van der Waals surface area contributed by atoms with Gasteiger partial charge in [-0.1, -0.05) is 0 Å². The standard InChI is InChI=1S/C9H14N4/c1-7-2-3-9(12-11-7)13-5-8(4-10)6-13/h2-3,8H,4-6,10H2,1H3. The molecule has 2 heterocycles. The van der Waals surface area contributed by atoms with Crippen molar-refractivity contribution in [2.75, 3.05) is 24.5 Å². The van der Waals surface area contributed by atoms with Gasteiger partial charge in [0.1, 0.15) is 0 Å². The molecule has 0 bridgehead atoms. The van der Waals surface area contributed by atoms with Crippen molar-refractivity contribution < 1.29 is 0 Å². The molecule has 0 unspecified atom stereocenters. The Morgan fingerprint density at radius 3 is 2.77 bits per heavy atom. The Kier molecular flexibility index (Phi) is 2.14. The zero-order chi connectivity index (χ0) is 9.26. The van der Waals surface area contributed by atoms with Gasteiger partial charge < -0.3 is 10.6 Å². The van der Waals surface area contributed by atoms with Crippen molar-refractivity contribution in [3.05, 3.63) is 17.8 Å². The lowest BCUT2D eigenvalue weighted by Gasteiger charge is -2.39. The monoisotopic (exact) mass is 178 g/mol. The van der Waals surface area contributed by atoms with Crippen molar-refractivity contribution in [3.63, 3.8) is 0 Å². The summed E-state index contributed by atoms with van der Waals surface area (Å²) in [4.78, 5) is 2.20. The minimum atomic E-state index is 0.642. The number of rotatable bonds is 2. The first kappa shape index (κ1) is 8.44. The number of aromatic nitrogens is 2. The van der Waals surface area contributed by atoms with Crippen LogP contribution in [0.25, 0.3) is 0 Å². The van der Waals surface area contributed by atoms with E-state index in [0.717, 1.165) is 31.1 Å². The van der Waals surface area contributed by atoms with Crippen molar-refractivity contribution in [1.29, 1.82) is 0 Å². The maximum atomic E-state index is 5.54. The molecule has 4 heteroatoms. The van der Waals surface area contributed by atoms with Crippen LogP contribution >= 0.6 is 0 Å². The van der Waals surface area contributed by atoms with E-state index in [1.54, 1.807) is 0 Å². The molecular formula is C9H14N4. The molecule has 1 aliphatic rings. The molecule has 0 saturated carbocycles. The van der Waals surface area contributed by atoms with Crippen LogP contribution in [0.2, 0.25) is 0 Å². The summed E-state index contributed by atoms with van der Waals surface area (Å²) >= 11 is 0. The Balaban J connectivity index is 1.99. The first-order chi connectivity index (χ1) is 6.29.